The van der Waals surface area contributed by atoms with Crippen molar-refractivity contribution >= 4 is 21.6 Å². The van der Waals surface area contributed by atoms with Gasteiger partial charge in [0.25, 0.3) is 0 Å². The summed E-state index contributed by atoms with van der Waals surface area (Å²) in [5.41, 5.74) is 0. The summed E-state index contributed by atoms with van der Waals surface area (Å²) >= 11 is 5.90. The van der Waals surface area contributed by atoms with Gasteiger partial charge in [0.05, 0.1) is 17.0 Å². The van der Waals surface area contributed by atoms with E-state index in [-0.39, 0.29) is 16.5 Å². The van der Waals surface area contributed by atoms with E-state index < -0.39 is 10.0 Å². The van der Waals surface area contributed by atoms with Crippen LogP contribution in [0.15, 0.2) is 23.1 Å². The Hall–Kier alpha value is -1.71. The highest BCUT2D eigenvalue weighted by molar-refractivity contribution is 7.89. The molecule has 0 aliphatic carbocycles. The van der Waals surface area contributed by atoms with Crippen molar-refractivity contribution in [3.8, 4) is 5.75 Å². The van der Waals surface area contributed by atoms with Crippen LogP contribution < -0.4 is 9.88 Å². The highest BCUT2D eigenvalue weighted by atomic mass is 35.5. The van der Waals surface area contributed by atoms with Gasteiger partial charge >= 0.3 is 0 Å². The van der Waals surface area contributed by atoms with Gasteiger partial charge in [-0.05, 0) is 23.4 Å². The van der Waals surface area contributed by atoms with Gasteiger partial charge in [-0.15, -0.1) is 10.2 Å². The van der Waals surface area contributed by atoms with E-state index in [0.717, 1.165) is 0 Å². The van der Waals surface area contributed by atoms with Crippen LogP contribution in [-0.2, 0) is 23.7 Å². The smallest absolute Gasteiger partial charge is 0.238 e. The largest absolute Gasteiger partial charge is 0.484 e. The third kappa shape index (κ3) is 3.40. The van der Waals surface area contributed by atoms with Gasteiger partial charge in [-0.25, -0.2) is 13.6 Å². The van der Waals surface area contributed by atoms with Crippen molar-refractivity contribution < 1.29 is 13.2 Å². The molecule has 0 fully saturated rings. The fraction of sp³-hybridized carbons (Fsp3) is 0.222. The lowest BCUT2D eigenvalue weighted by Gasteiger charge is -2.06. The van der Waals surface area contributed by atoms with Crippen molar-refractivity contribution in [2.45, 2.75) is 11.5 Å². The summed E-state index contributed by atoms with van der Waals surface area (Å²) in [4.78, 5) is 1.21. The zero-order chi connectivity index (χ0) is 14.0. The molecule has 0 aliphatic heterocycles. The molecule has 0 aliphatic rings. The number of halogens is 1. The minimum absolute atomic E-state index is 0.0717. The number of tetrazole rings is 1. The van der Waals surface area contributed by atoms with E-state index in [1.54, 1.807) is 7.05 Å². The molecule has 0 unspecified atom stereocenters. The molecule has 19 heavy (non-hydrogen) atoms. The van der Waals surface area contributed by atoms with Gasteiger partial charge in [-0.2, -0.15) is 4.80 Å². The Morgan fingerprint density at radius 3 is 2.74 bits per heavy atom. The topological polar surface area (TPSA) is 113 Å². The van der Waals surface area contributed by atoms with E-state index >= 15 is 0 Å². The van der Waals surface area contributed by atoms with Crippen LogP contribution in [0.5, 0.6) is 5.75 Å². The molecule has 1 aromatic carbocycles. The summed E-state index contributed by atoms with van der Waals surface area (Å²) in [5.74, 6) is 0.690. The molecule has 10 heteroatoms. The van der Waals surface area contributed by atoms with E-state index in [9.17, 15) is 8.42 Å². The normalized spacial score (nSPS) is 11.5. The summed E-state index contributed by atoms with van der Waals surface area (Å²) in [6, 6.07) is 3.94. The molecule has 2 N–H and O–H groups in total. The maximum atomic E-state index is 11.1. The maximum Gasteiger partial charge on any atom is 0.238 e. The third-order valence-corrected chi connectivity index (χ3v) is 3.34. The highest BCUT2D eigenvalue weighted by Gasteiger charge is 2.12. The first kappa shape index (κ1) is 13.7. The second-order valence-corrected chi connectivity index (χ2v) is 5.59. The van der Waals surface area contributed by atoms with Gasteiger partial charge in [0.15, 0.2) is 6.61 Å². The molecule has 0 amide bonds. The Morgan fingerprint density at radius 1 is 1.47 bits per heavy atom. The summed E-state index contributed by atoms with van der Waals surface area (Å²) in [7, 11) is -2.15. The van der Waals surface area contributed by atoms with E-state index in [1.807, 2.05) is 0 Å². The van der Waals surface area contributed by atoms with Crippen LogP contribution in [0.1, 0.15) is 5.82 Å². The molecule has 0 saturated heterocycles. The number of rotatable bonds is 4. The summed E-state index contributed by atoms with van der Waals surface area (Å²) in [6.45, 7) is 0.0717. The molecule has 2 aromatic rings. The van der Waals surface area contributed by atoms with Crippen LogP contribution >= 0.6 is 11.6 Å². The predicted octanol–water partition coefficient (Wildman–Crippen LogP) is 0.0899. The van der Waals surface area contributed by atoms with Crippen molar-refractivity contribution in [3.63, 3.8) is 0 Å². The molecule has 0 saturated carbocycles. The number of nitrogens with two attached hydrogens (primary N) is 1. The summed E-state index contributed by atoms with van der Waals surface area (Å²) in [5, 5.41) is 16.4. The second-order valence-electron chi connectivity index (χ2n) is 3.62. The van der Waals surface area contributed by atoms with E-state index in [1.165, 1.54) is 23.0 Å². The zero-order valence-corrected chi connectivity index (χ0v) is 11.4. The molecule has 8 nitrogen and oxygen atoms in total. The van der Waals surface area contributed by atoms with Crippen molar-refractivity contribution in [2.75, 3.05) is 0 Å². The minimum atomic E-state index is -3.78. The third-order valence-electron chi connectivity index (χ3n) is 2.14. The lowest BCUT2D eigenvalue weighted by molar-refractivity contribution is 0.295. The molecule has 0 spiro atoms. The van der Waals surface area contributed by atoms with Gasteiger partial charge in [0, 0.05) is 0 Å². The average Bonchev–Trinajstić information content (AvgIpc) is 2.72. The monoisotopic (exact) mass is 303 g/mol. The second kappa shape index (κ2) is 5.11. The van der Waals surface area contributed by atoms with Gasteiger partial charge in [-0.3, -0.25) is 0 Å². The van der Waals surface area contributed by atoms with Crippen LogP contribution in [0.2, 0.25) is 5.02 Å². The van der Waals surface area contributed by atoms with Crippen molar-refractivity contribution in [3.05, 3.63) is 29.0 Å². The number of hydrogen-bond acceptors (Lipinski definition) is 6. The zero-order valence-electron chi connectivity index (χ0n) is 9.82. The average molecular weight is 304 g/mol. The number of hydrogen-bond donors (Lipinski definition) is 1. The molecule has 2 rings (SSSR count). The lowest BCUT2D eigenvalue weighted by Crippen LogP contribution is -2.12. The molecule has 102 valence electrons. The van der Waals surface area contributed by atoms with Crippen LogP contribution in [-0.4, -0.2) is 28.6 Å². The minimum Gasteiger partial charge on any atom is -0.484 e. The number of benzene rings is 1. The van der Waals surface area contributed by atoms with E-state index in [2.05, 4.69) is 15.4 Å². The number of aromatic nitrogens is 4. The summed E-state index contributed by atoms with van der Waals surface area (Å²) in [6.07, 6.45) is 0. The van der Waals surface area contributed by atoms with Gasteiger partial charge in [0.2, 0.25) is 15.8 Å². The van der Waals surface area contributed by atoms with Crippen LogP contribution in [0.3, 0.4) is 0 Å². The standard InChI is InChI=1S/C9H10ClN5O3S/c1-15-13-9(12-14-15)5-18-8-3-2-6(4-7(8)10)19(11,16)17/h2-4H,5H2,1H3,(H2,11,16,17). The number of aryl methyl sites for hydroxylation is 1. The molecule has 1 heterocycles. The number of nitrogens with zero attached hydrogens (tertiary/aromatic N) is 4. The van der Waals surface area contributed by atoms with E-state index in [0.29, 0.717) is 11.6 Å². The lowest BCUT2D eigenvalue weighted by atomic mass is 10.3. The van der Waals surface area contributed by atoms with Crippen molar-refractivity contribution in [1.82, 2.24) is 20.2 Å². The van der Waals surface area contributed by atoms with Crippen molar-refractivity contribution in [2.24, 2.45) is 12.2 Å². The Labute approximate surface area is 114 Å². The number of primary sulfonamides is 1. The fourth-order valence-electron chi connectivity index (χ4n) is 1.30. The maximum absolute atomic E-state index is 11.1. The molecule has 1 aromatic heterocycles. The number of ether oxygens (including phenoxy) is 1. The first-order valence-corrected chi connectivity index (χ1v) is 6.97. The Bertz CT molecular complexity index is 700. The first-order chi connectivity index (χ1) is 8.86. The molecular formula is C9H10ClN5O3S. The summed E-state index contributed by atoms with van der Waals surface area (Å²) < 4.78 is 27.6. The van der Waals surface area contributed by atoms with Crippen LogP contribution in [0, 0.1) is 0 Å². The van der Waals surface area contributed by atoms with Gasteiger partial charge in [-0.1, -0.05) is 11.6 Å². The van der Waals surface area contributed by atoms with Crippen LogP contribution in [0.4, 0.5) is 0 Å². The molecular weight excluding hydrogens is 294 g/mol. The van der Waals surface area contributed by atoms with Gasteiger partial charge < -0.3 is 4.74 Å². The van der Waals surface area contributed by atoms with Crippen LogP contribution in [0.25, 0.3) is 0 Å². The Morgan fingerprint density at radius 2 is 2.21 bits per heavy atom. The fourth-order valence-corrected chi connectivity index (χ4v) is 2.14. The SMILES string of the molecule is Cn1nnc(COc2ccc(S(N)(=O)=O)cc2Cl)n1. The highest BCUT2D eigenvalue weighted by Crippen LogP contribution is 2.27. The van der Waals surface area contributed by atoms with Crippen molar-refractivity contribution in [1.29, 1.82) is 0 Å². The first-order valence-electron chi connectivity index (χ1n) is 5.04. The molecule has 0 atom stereocenters. The quantitative estimate of drug-likeness (QED) is 0.856. The molecule has 0 radical (unpaired) electrons. The predicted molar refractivity (Wildman–Crippen MR) is 66.0 cm³/mol. The number of sulfonamides is 1. The van der Waals surface area contributed by atoms with E-state index in [4.69, 9.17) is 21.5 Å². The van der Waals surface area contributed by atoms with Gasteiger partial charge in [0.1, 0.15) is 5.75 Å². The Balaban J connectivity index is 2.14. The molecule has 0 bridgehead atoms. The Kier molecular flexibility index (Phi) is 3.69.